The first kappa shape index (κ1) is 21.8. The van der Waals surface area contributed by atoms with E-state index in [1.165, 1.54) is 11.8 Å². The molecule has 1 unspecified atom stereocenters. The minimum Gasteiger partial charge on any atom is -0.497 e. The third-order valence-corrected chi connectivity index (χ3v) is 6.28. The Kier molecular flexibility index (Phi) is 5.85. The van der Waals surface area contributed by atoms with E-state index in [1.807, 2.05) is 54.6 Å². The summed E-state index contributed by atoms with van der Waals surface area (Å²) in [5, 5.41) is 12.8. The lowest BCUT2D eigenvalue weighted by atomic mass is 10.1. The monoisotopic (exact) mass is 475 g/mol. The summed E-state index contributed by atoms with van der Waals surface area (Å²) in [6.07, 6.45) is 0. The quantitative estimate of drug-likeness (QED) is 0.296. The first-order valence-electron chi connectivity index (χ1n) is 10.5. The van der Waals surface area contributed by atoms with Crippen molar-refractivity contribution in [1.82, 2.24) is 10.2 Å². The average molecular weight is 476 g/mol. The molecule has 5 rings (SSSR count). The predicted molar refractivity (Wildman–Crippen MR) is 131 cm³/mol. The van der Waals surface area contributed by atoms with Crippen molar-refractivity contribution in [3.8, 4) is 23.0 Å². The molecule has 0 saturated heterocycles. The number of nitrogens with one attached hydrogen (secondary N) is 1. The molecule has 0 saturated carbocycles. The maximum Gasteiger partial charge on any atom is 0.277 e. The summed E-state index contributed by atoms with van der Waals surface area (Å²) in [5.74, 6) is 1.42. The number of hydrogen-bond donors (Lipinski definition) is 1. The smallest absolute Gasteiger partial charge is 0.277 e. The minimum absolute atomic E-state index is 0.233. The van der Waals surface area contributed by atoms with Crippen LogP contribution in [0.25, 0.3) is 33.4 Å². The van der Waals surface area contributed by atoms with Crippen LogP contribution in [0.3, 0.4) is 0 Å². The third-order valence-electron chi connectivity index (χ3n) is 5.35. The van der Waals surface area contributed by atoms with Gasteiger partial charge in [0.2, 0.25) is 11.8 Å². The van der Waals surface area contributed by atoms with Crippen molar-refractivity contribution in [2.75, 3.05) is 19.5 Å². The van der Waals surface area contributed by atoms with Crippen LogP contribution >= 0.6 is 11.8 Å². The molecule has 1 amide bonds. The third kappa shape index (κ3) is 4.17. The van der Waals surface area contributed by atoms with Gasteiger partial charge < -0.3 is 23.6 Å². The number of anilines is 1. The van der Waals surface area contributed by atoms with Gasteiger partial charge in [0.1, 0.15) is 22.7 Å². The number of para-hydroxylation sites is 1. The number of amides is 1. The lowest BCUT2D eigenvalue weighted by Crippen LogP contribution is -2.22. The zero-order chi connectivity index (χ0) is 23.7. The van der Waals surface area contributed by atoms with Crippen molar-refractivity contribution in [2.24, 2.45) is 0 Å². The Morgan fingerprint density at radius 2 is 1.74 bits per heavy atom. The van der Waals surface area contributed by atoms with Crippen molar-refractivity contribution < 1.29 is 23.1 Å². The number of thioether (sulfide) groups is 1. The van der Waals surface area contributed by atoms with Crippen molar-refractivity contribution in [3.63, 3.8) is 0 Å². The standard InChI is InChI=1S/C25H21N3O5S/c1-14(34-25-28-27-24(33-25)15-8-10-16(30-2)11-9-15)23(29)26-19-13-21-18(12-22(19)31-3)17-6-4-5-7-20(17)32-21/h4-14H,1-3H3,(H,26,29). The second-order valence-corrected chi connectivity index (χ2v) is 8.79. The molecule has 9 heteroatoms. The zero-order valence-electron chi connectivity index (χ0n) is 18.7. The fourth-order valence-corrected chi connectivity index (χ4v) is 4.25. The lowest BCUT2D eigenvalue weighted by molar-refractivity contribution is -0.115. The molecular formula is C25H21N3O5S. The van der Waals surface area contributed by atoms with Crippen LogP contribution in [0.5, 0.6) is 11.5 Å². The van der Waals surface area contributed by atoms with Crippen LogP contribution in [0.2, 0.25) is 0 Å². The molecule has 8 nitrogen and oxygen atoms in total. The van der Waals surface area contributed by atoms with Crippen LogP contribution in [0.15, 0.2) is 74.7 Å². The number of carbonyl (C=O) groups excluding carboxylic acids is 1. The highest BCUT2D eigenvalue weighted by Gasteiger charge is 2.21. The average Bonchev–Trinajstić information content (AvgIpc) is 3.47. The summed E-state index contributed by atoms with van der Waals surface area (Å²) in [4.78, 5) is 12.9. The summed E-state index contributed by atoms with van der Waals surface area (Å²) in [5.41, 5.74) is 2.73. The van der Waals surface area contributed by atoms with E-state index in [4.69, 9.17) is 18.3 Å². The van der Waals surface area contributed by atoms with Gasteiger partial charge in [0.15, 0.2) is 0 Å². The van der Waals surface area contributed by atoms with E-state index in [1.54, 1.807) is 27.2 Å². The number of aromatic nitrogens is 2. The Hall–Kier alpha value is -3.98. The molecule has 1 N–H and O–H groups in total. The van der Waals surface area contributed by atoms with E-state index in [9.17, 15) is 4.79 Å². The number of furan rings is 1. The Morgan fingerprint density at radius 1 is 0.941 bits per heavy atom. The van der Waals surface area contributed by atoms with Gasteiger partial charge in [-0.15, -0.1) is 10.2 Å². The van der Waals surface area contributed by atoms with E-state index in [-0.39, 0.29) is 5.91 Å². The summed E-state index contributed by atoms with van der Waals surface area (Å²) in [6, 6.07) is 18.7. The highest BCUT2D eigenvalue weighted by molar-refractivity contribution is 8.00. The summed E-state index contributed by atoms with van der Waals surface area (Å²) in [7, 11) is 3.17. The van der Waals surface area contributed by atoms with E-state index in [2.05, 4.69) is 15.5 Å². The van der Waals surface area contributed by atoms with Gasteiger partial charge in [-0.05, 0) is 43.3 Å². The molecule has 0 fully saturated rings. The second kappa shape index (κ2) is 9.11. The number of ether oxygens (including phenoxy) is 2. The maximum absolute atomic E-state index is 12.9. The van der Waals surface area contributed by atoms with Crippen molar-refractivity contribution in [3.05, 3.63) is 60.7 Å². The molecule has 0 aliphatic rings. The van der Waals surface area contributed by atoms with Gasteiger partial charge in [-0.3, -0.25) is 4.79 Å². The molecule has 0 aliphatic carbocycles. The van der Waals surface area contributed by atoms with Gasteiger partial charge in [0.05, 0.1) is 25.2 Å². The predicted octanol–water partition coefficient (Wildman–Crippen LogP) is 5.77. The number of carbonyl (C=O) groups is 1. The summed E-state index contributed by atoms with van der Waals surface area (Å²) < 4.78 is 22.4. The van der Waals surface area contributed by atoms with Gasteiger partial charge >= 0.3 is 0 Å². The molecule has 1 atom stereocenters. The van der Waals surface area contributed by atoms with Gasteiger partial charge in [0, 0.05) is 22.4 Å². The van der Waals surface area contributed by atoms with Crippen LogP contribution < -0.4 is 14.8 Å². The maximum atomic E-state index is 12.9. The first-order chi connectivity index (χ1) is 16.6. The summed E-state index contributed by atoms with van der Waals surface area (Å²) >= 11 is 1.17. The first-order valence-corrected chi connectivity index (χ1v) is 11.4. The normalized spacial score (nSPS) is 12.1. The zero-order valence-corrected chi connectivity index (χ0v) is 19.5. The molecule has 0 radical (unpaired) electrons. The van der Waals surface area contributed by atoms with Crippen LogP contribution in [0.1, 0.15) is 6.92 Å². The molecule has 0 aliphatic heterocycles. The number of hydrogen-bond acceptors (Lipinski definition) is 8. The van der Waals surface area contributed by atoms with Crippen molar-refractivity contribution in [1.29, 1.82) is 0 Å². The van der Waals surface area contributed by atoms with Crippen LogP contribution in [-0.4, -0.2) is 35.6 Å². The van der Waals surface area contributed by atoms with Gasteiger partial charge in [-0.25, -0.2) is 0 Å². The number of methoxy groups -OCH3 is 2. The SMILES string of the molecule is COc1ccc(-c2nnc(SC(C)C(=O)Nc3cc4oc5ccccc5c4cc3OC)o2)cc1. The Bertz CT molecular complexity index is 1480. The largest absolute Gasteiger partial charge is 0.497 e. The van der Waals surface area contributed by atoms with Crippen LogP contribution in [0.4, 0.5) is 5.69 Å². The number of benzene rings is 3. The highest BCUT2D eigenvalue weighted by atomic mass is 32.2. The molecular weight excluding hydrogens is 454 g/mol. The Morgan fingerprint density at radius 3 is 2.50 bits per heavy atom. The van der Waals surface area contributed by atoms with Crippen molar-refractivity contribution >= 4 is 45.3 Å². The molecule has 0 spiro atoms. The van der Waals surface area contributed by atoms with E-state index in [0.717, 1.165) is 27.7 Å². The fourth-order valence-electron chi connectivity index (χ4n) is 3.56. The van der Waals surface area contributed by atoms with E-state index < -0.39 is 5.25 Å². The molecule has 2 aromatic heterocycles. The minimum atomic E-state index is -0.500. The van der Waals surface area contributed by atoms with Gasteiger partial charge in [0.25, 0.3) is 5.22 Å². The van der Waals surface area contributed by atoms with Crippen molar-refractivity contribution in [2.45, 2.75) is 17.4 Å². The number of fused-ring (bicyclic) bond motifs is 3. The number of nitrogens with zero attached hydrogens (tertiary/aromatic N) is 2. The molecule has 0 bridgehead atoms. The molecule has 3 aromatic carbocycles. The molecule has 34 heavy (non-hydrogen) atoms. The fraction of sp³-hybridized carbons (Fsp3) is 0.160. The second-order valence-electron chi connectivity index (χ2n) is 7.50. The van der Waals surface area contributed by atoms with Gasteiger partial charge in [-0.2, -0.15) is 0 Å². The Labute approximate surface area is 199 Å². The van der Waals surface area contributed by atoms with Crippen LogP contribution in [-0.2, 0) is 4.79 Å². The topological polar surface area (TPSA) is 99.6 Å². The Balaban J connectivity index is 1.32. The molecule has 5 aromatic rings. The summed E-state index contributed by atoms with van der Waals surface area (Å²) in [6.45, 7) is 1.77. The van der Waals surface area contributed by atoms with E-state index in [0.29, 0.717) is 28.1 Å². The lowest BCUT2D eigenvalue weighted by Gasteiger charge is -2.13. The van der Waals surface area contributed by atoms with Crippen LogP contribution in [0, 0.1) is 0 Å². The molecule has 172 valence electrons. The van der Waals surface area contributed by atoms with Gasteiger partial charge in [-0.1, -0.05) is 30.0 Å². The van der Waals surface area contributed by atoms with E-state index >= 15 is 0 Å². The molecule has 2 heterocycles. The number of rotatable bonds is 7. The highest BCUT2D eigenvalue weighted by Crippen LogP contribution is 2.37.